The van der Waals surface area contributed by atoms with E-state index in [4.69, 9.17) is 5.73 Å². The standard InChI is InChI=1S/C22H20F3N3O.2ClH/c23-22(24,25)20-16-8-4-5-9-19(16)27-11-17(20)21(29)28-12-15(10-26)18(13-28)14-6-2-1-3-7-14;;/h1-9,11,15,18H,10,12-13,26H2;2*1H/t15-,18+;;/m1../s1. The van der Waals surface area contributed by atoms with Crippen molar-refractivity contribution in [3.8, 4) is 0 Å². The molecule has 4 nitrogen and oxygen atoms in total. The zero-order chi connectivity index (χ0) is 20.6. The van der Waals surface area contributed by atoms with Gasteiger partial charge in [-0.05, 0) is 24.1 Å². The van der Waals surface area contributed by atoms with E-state index in [-0.39, 0.29) is 47.6 Å². The van der Waals surface area contributed by atoms with Gasteiger partial charge in [0, 0.05) is 30.6 Å². The summed E-state index contributed by atoms with van der Waals surface area (Å²) in [6.07, 6.45) is -3.62. The van der Waals surface area contributed by atoms with Crippen LogP contribution in [0.4, 0.5) is 13.2 Å². The van der Waals surface area contributed by atoms with Crippen molar-refractivity contribution in [2.45, 2.75) is 12.1 Å². The third-order valence-electron chi connectivity index (χ3n) is 5.55. The Morgan fingerprint density at radius 1 is 1.03 bits per heavy atom. The number of pyridine rings is 1. The molecule has 2 aromatic carbocycles. The van der Waals surface area contributed by atoms with Gasteiger partial charge < -0.3 is 10.6 Å². The molecule has 4 rings (SSSR count). The third-order valence-corrected chi connectivity index (χ3v) is 5.55. The van der Waals surface area contributed by atoms with Gasteiger partial charge in [-0.3, -0.25) is 9.78 Å². The highest BCUT2D eigenvalue weighted by Crippen LogP contribution is 2.39. The Morgan fingerprint density at radius 3 is 2.32 bits per heavy atom. The topological polar surface area (TPSA) is 59.2 Å². The Labute approximate surface area is 190 Å². The second kappa shape index (κ2) is 9.85. The number of aromatic nitrogens is 1. The van der Waals surface area contributed by atoms with Gasteiger partial charge in [0.1, 0.15) is 0 Å². The van der Waals surface area contributed by atoms with Crippen molar-refractivity contribution in [1.29, 1.82) is 0 Å². The normalized spacial score (nSPS) is 18.4. The van der Waals surface area contributed by atoms with Gasteiger partial charge in [-0.25, -0.2) is 0 Å². The highest BCUT2D eigenvalue weighted by atomic mass is 35.5. The molecule has 2 heterocycles. The Hall–Kier alpha value is -2.35. The van der Waals surface area contributed by atoms with E-state index in [9.17, 15) is 18.0 Å². The minimum absolute atomic E-state index is 0. The summed E-state index contributed by atoms with van der Waals surface area (Å²) in [6, 6.07) is 15.6. The number of para-hydroxylation sites is 1. The number of carbonyl (C=O) groups is 1. The van der Waals surface area contributed by atoms with Gasteiger partial charge in [0.2, 0.25) is 0 Å². The fraction of sp³-hybridized carbons (Fsp3) is 0.273. The largest absolute Gasteiger partial charge is 0.417 e. The van der Waals surface area contributed by atoms with Crippen LogP contribution in [-0.2, 0) is 6.18 Å². The summed E-state index contributed by atoms with van der Waals surface area (Å²) >= 11 is 0. The van der Waals surface area contributed by atoms with E-state index in [1.807, 2.05) is 30.3 Å². The first-order valence-electron chi connectivity index (χ1n) is 9.39. The van der Waals surface area contributed by atoms with Gasteiger partial charge in [0.15, 0.2) is 0 Å². The Balaban J connectivity index is 0.00000171. The molecule has 0 radical (unpaired) electrons. The van der Waals surface area contributed by atoms with Crippen molar-refractivity contribution in [3.05, 3.63) is 77.5 Å². The summed E-state index contributed by atoms with van der Waals surface area (Å²) in [5.41, 5.74) is 5.80. The number of alkyl halides is 3. The SMILES string of the molecule is Cl.Cl.NC[C@@H]1CN(C(=O)c2cnc3ccccc3c2C(F)(F)F)C[C@H]1c1ccccc1. The fourth-order valence-electron chi connectivity index (χ4n) is 4.13. The van der Waals surface area contributed by atoms with Crippen LogP contribution in [-0.4, -0.2) is 35.4 Å². The molecule has 1 aliphatic rings. The molecule has 1 amide bonds. The zero-order valence-electron chi connectivity index (χ0n) is 16.4. The molecule has 1 aromatic heterocycles. The van der Waals surface area contributed by atoms with Crippen molar-refractivity contribution in [2.24, 2.45) is 11.7 Å². The summed E-state index contributed by atoms with van der Waals surface area (Å²) in [5, 5.41) is -0.0694. The maximum absolute atomic E-state index is 13.9. The monoisotopic (exact) mass is 471 g/mol. The highest BCUT2D eigenvalue weighted by molar-refractivity contribution is 6.00. The van der Waals surface area contributed by atoms with E-state index in [2.05, 4.69) is 4.98 Å². The molecule has 0 unspecified atom stereocenters. The first-order chi connectivity index (χ1) is 13.9. The van der Waals surface area contributed by atoms with Crippen molar-refractivity contribution in [2.75, 3.05) is 19.6 Å². The molecule has 1 saturated heterocycles. The summed E-state index contributed by atoms with van der Waals surface area (Å²) in [7, 11) is 0. The molecule has 0 spiro atoms. The van der Waals surface area contributed by atoms with Crippen molar-refractivity contribution >= 4 is 41.6 Å². The molecule has 0 saturated carbocycles. The number of likely N-dealkylation sites (tertiary alicyclic amines) is 1. The van der Waals surface area contributed by atoms with Crippen LogP contribution in [0.1, 0.15) is 27.4 Å². The van der Waals surface area contributed by atoms with Crippen LogP contribution in [0.25, 0.3) is 10.9 Å². The number of nitrogens with zero attached hydrogens (tertiary/aromatic N) is 2. The van der Waals surface area contributed by atoms with E-state index in [0.717, 1.165) is 11.8 Å². The van der Waals surface area contributed by atoms with Crippen molar-refractivity contribution in [1.82, 2.24) is 9.88 Å². The van der Waals surface area contributed by atoms with E-state index in [0.29, 0.717) is 19.6 Å². The second-order valence-corrected chi connectivity index (χ2v) is 7.28. The van der Waals surface area contributed by atoms with Gasteiger partial charge in [-0.15, -0.1) is 24.8 Å². The molecule has 166 valence electrons. The predicted molar refractivity (Wildman–Crippen MR) is 119 cm³/mol. The number of benzene rings is 2. The summed E-state index contributed by atoms with van der Waals surface area (Å²) in [4.78, 5) is 18.7. The Morgan fingerprint density at radius 2 is 1.68 bits per heavy atom. The van der Waals surface area contributed by atoms with Gasteiger partial charge >= 0.3 is 6.18 Å². The maximum atomic E-state index is 13.9. The van der Waals surface area contributed by atoms with E-state index in [1.54, 1.807) is 6.07 Å². The summed E-state index contributed by atoms with van der Waals surface area (Å²) in [5.74, 6) is -0.676. The van der Waals surface area contributed by atoms with Crippen molar-refractivity contribution in [3.63, 3.8) is 0 Å². The number of halogens is 5. The molecule has 3 aromatic rings. The number of hydrogen-bond donors (Lipinski definition) is 1. The molecule has 2 N–H and O–H groups in total. The second-order valence-electron chi connectivity index (χ2n) is 7.28. The lowest BCUT2D eigenvalue weighted by Gasteiger charge is -2.20. The van der Waals surface area contributed by atoms with Crippen LogP contribution in [0.5, 0.6) is 0 Å². The van der Waals surface area contributed by atoms with Crippen LogP contribution in [0, 0.1) is 5.92 Å². The van der Waals surface area contributed by atoms with Gasteiger partial charge in [0.25, 0.3) is 5.91 Å². The average Bonchev–Trinajstić information content (AvgIpc) is 3.16. The van der Waals surface area contributed by atoms with Crippen LogP contribution in [0.15, 0.2) is 60.8 Å². The fourth-order valence-corrected chi connectivity index (χ4v) is 4.13. The van der Waals surface area contributed by atoms with Gasteiger partial charge in [-0.2, -0.15) is 13.2 Å². The van der Waals surface area contributed by atoms with Crippen LogP contribution in [0.2, 0.25) is 0 Å². The quantitative estimate of drug-likeness (QED) is 0.590. The minimum atomic E-state index is -4.67. The molecule has 9 heteroatoms. The van der Waals surface area contributed by atoms with E-state index >= 15 is 0 Å². The maximum Gasteiger partial charge on any atom is 0.417 e. The molecular weight excluding hydrogens is 450 g/mol. The van der Waals surface area contributed by atoms with Crippen LogP contribution < -0.4 is 5.73 Å². The highest BCUT2D eigenvalue weighted by Gasteiger charge is 2.41. The molecule has 0 bridgehead atoms. The zero-order valence-corrected chi connectivity index (χ0v) is 18.0. The number of hydrogen-bond acceptors (Lipinski definition) is 3. The number of nitrogens with two attached hydrogens (primary N) is 1. The smallest absolute Gasteiger partial charge is 0.338 e. The lowest BCUT2D eigenvalue weighted by Crippen LogP contribution is -2.31. The number of fused-ring (bicyclic) bond motifs is 1. The molecule has 1 aliphatic heterocycles. The first kappa shape index (κ1) is 24.9. The molecule has 2 atom stereocenters. The molecule has 31 heavy (non-hydrogen) atoms. The lowest BCUT2D eigenvalue weighted by molar-refractivity contribution is -0.136. The van der Waals surface area contributed by atoms with E-state index in [1.165, 1.54) is 23.1 Å². The predicted octanol–water partition coefficient (Wildman–Crippen LogP) is 4.91. The summed E-state index contributed by atoms with van der Waals surface area (Å²) < 4.78 is 41.7. The van der Waals surface area contributed by atoms with Crippen molar-refractivity contribution < 1.29 is 18.0 Å². The lowest BCUT2D eigenvalue weighted by atomic mass is 9.89. The summed E-state index contributed by atoms with van der Waals surface area (Å²) in [6.45, 7) is 0.999. The Kier molecular flexibility index (Phi) is 7.92. The molecule has 1 fully saturated rings. The van der Waals surface area contributed by atoms with Crippen LogP contribution >= 0.6 is 24.8 Å². The first-order valence-corrected chi connectivity index (χ1v) is 9.39. The third kappa shape index (κ3) is 4.79. The average molecular weight is 472 g/mol. The number of rotatable bonds is 3. The Bertz CT molecular complexity index is 1050. The van der Waals surface area contributed by atoms with Gasteiger partial charge in [-0.1, -0.05) is 48.5 Å². The number of carbonyl (C=O) groups excluding carboxylic acids is 1. The minimum Gasteiger partial charge on any atom is -0.338 e. The van der Waals surface area contributed by atoms with Gasteiger partial charge in [0.05, 0.1) is 16.6 Å². The molecular formula is C22H22Cl2F3N3O. The number of amides is 1. The molecule has 0 aliphatic carbocycles. The van der Waals surface area contributed by atoms with Crippen LogP contribution in [0.3, 0.4) is 0 Å². The van der Waals surface area contributed by atoms with E-state index < -0.39 is 23.2 Å².